The molecule has 1 amide bonds. The number of nitrogens with zero attached hydrogens (tertiary/aromatic N) is 2. The van der Waals surface area contributed by atoms with Gasteiger partial charge in [-0.05, 0) is 49.2 Å². The van der Waals surface area contributed by atoms with Gasteiger partial charge in [0.2, 0.25) is 5.91 Å². The van der Waals surface area contributed by atoms with Crippen molar-refractivity contribution in [1.29, 1.82) is 0 Å². The zero-order valence-electron chi connectivity index (χ0n) is 15.5. The van der Waals surface area contributed by atoms with E-state index in [1.165, 1.54) is 5.56 Å². The van der Waals surface area contributed by atoms with Gasteiger partial charge in [0.25, 0.3) is 0 Å². The number of hydrogen-bond donors (Lipinski definition) is 0. The second-order valence-electron chi connectivity index (χ2n) is 6.58. The number of rotatable bonds is 5. The molecule has 0 bridgehead atoms. The van der Waals surface area contributed by atoms with Crippen molar-refractivity contribution in [1.82, 2.24) is 9.80 Å². The molecule has 1 saturated heterocycles. The van der Waals surface area contributed by atoms with Gasteiger partial charge in [-0.2, -0.15) is 0 Å². The summed E-state index contributed by atoms with van der Waals surface area (Å²) in [6.45, 7) is 6.21. The molecule has 0 radical (unpaired) electrons. The molecule has 1 aromatic carbocycles. The Morgan fingerprint density at radius 1 is 1.12 bits per heavy atom. The number of carbonyl (C=O) groups is 1. The zero-order valence-corrected chi connectivity index (χ0v) is 15.5. The molecule has 26 heavy (non-hydrogen) atoms. The van der Waals surface area contributed by atoms with Crippen LogP contribution in [-0.4, -0.2) is 49.0 Å². The monoisotopic (exact) mass is 354 g/mol. The van der Waals surface area contributed by atoms with Crippen LogP contribution in [0.3, 0.4) is 0 Å². The fraction of sp³-hybridized carbons (Fsp3) is 0.381. The van der Waals surface area contributed by atoms with E-state index in [2.05, 4.69) is 17.0 Å². The summed E-state index contributed by atoms with van der Waals surface area (Å²) in [5.74, 6) is 2.48. The fourth-order valence-corrected chi connectivity index (χ4v) is 3.14. The van der Waals surface area contributed by atoms with Crippen molar-refractivity contribution in [3.63, 3.8) is 0 Å². The van der Waals surface area contributed by atoms with Crippen molar-refractivity contribution in [2.75, 3.05) is 33.3 Å². The van der Waals surface area contributed by atoms with Crippen LogP contribution in [0, 0.1) is 6.92 Å². The maximum absolute atomic E-state index is 12.4. The molecule has 0 atom stereocenters. The van der Waals surface area contributed by atoms with E-state index in [1.807, 2.05) is 36.1 Å². The summed E-state index contributed by atoms with van der Waals surface area (Å²) in [5, 5.41) is 0. The van der Waals surface area contributed by atoms with Crippen LogP contribution in [0.25, 0.3) is 6.08 Å². The van der Waals surface area contributed by atoms with E-state index >= 15 is 0 Å². The second kappa shape index (κ2) is 8.72. The lowest BCUT2D eigenvalue weighted by molar-refractivity contribution is -0.125. The molecule has 1 aliphatic heterocycles. The Bertz CT molecular complexity index is 749. The molecule has 0 saturated carbocycles. The van der Waals surface area contributed by atoms with Gasteiger partial charge in [-0.3, -0.25) is 9.69 Å². The number of carbonyl (C=O) groups excluding carboxylic acids is 1. The third-order valence-corrected chi connectivity index (χ3v) is 4.62. The SMILES string of the molecule is COc1ccc(CN2CCCN(C(=O)/C=C/c3ccc(C)o3)CC2)cc1. The fourth-order valence-electron chi connectivity index (χ4n) is 3.14. The third-order valence-electron chi connectivity index (χ3n) is 4.62. The molecule has 1 aromatic heterocycles. The third kappa shape index (κ3) is 4.99. The van der Waals surface area contributed by atoms with Crippen molar-refractivity contribution in [3.8, 4) is 5.75 Å². The van der Waals surface area contributed by atoms with Gasteiger partial charge in [0.1, 0.15) is 17.3 Å². The van der Waals surface area contributed by atoms with E-state index in [0.717, 1.165) is 50.7 Å². The average molecular weight is 354 g/mol. The smallest absolute Gasteiger partial charge is 0.246 e. The minimum Gasteiger partial charge on any atom is -0.497 e. The minimum atomic E-state index is 0.0466. The van der Waals surface area contributed by atoms with Crippen LogP contribution in [-0.2, 0) is 11.3 Å². The van der Waals surface area contributed by atoms with Crippen molar-refractivity contribution in [2.45, 2.75) is 19.9 Å². The molecule has 2 heterocycles. The molecule has 0 aliphatic carbocycles. The van der Waals surface area contributed by atoms with Crippen LogP contribution in [0.1, 0.15) is 23.5 Å². The van der Waals surface area contributed by atoms with Gasteiger partial charge in [0, 0.05) is 38.8 Å². The number of benzene rings is 1. The highest BCUT2D eigenvalue weighted by molar-refractivity contribution is 5.91. The van der Waals surface area contributed by atoms with Gasteiger partial charge in [-0.15, -0.1) is 0 Å². The van der Waals surface area contributed by atoms with E-state index in [-0.39, 0.29) is 5.91 Å². The van der Waals surface area contributed by atoms with E-state index < -0.39 is 0 Å². The predicted molar refractivity (Wildman–Crippen MR) is 102 cm³/mol. The van der Waals surface area contributed by atoms with Crippen LogP contribution in [0.5, 0.6) is 5.75 Å². The summed E-state index contributed by atoms with van der Waals surface area (Å²) in [6.07, 6.45) is 4.34. The predicted octanol–water partition coefficient (Wildman–Crippen LogP) is 3.34. The lowest BCUT2D eigenvalue weighted by Crippen LogP contribution is -2.34. The van der Waals surface area contributed by atoms with Crippen molar-refractivity contribution >= 4 is 12.0 Å². The number of amides is 1. The Morgan fingerprint density at radius 2 is 1.92 bits per heavy atom. The Kier molecular flexibility index (Phi) is 6.12. The Hall–Kier alpha value is -2.53. The first-order valence-electron chi connectivity index (χ1n) is 9.03. The number of furan rings is 1. The summed E-state index contributed by atoms with van der Waals surface area (Å²) in [6, 6.07) is 11.9. The summed E-state index contributed by atoms with van der Waals surface area (Å²) >= 11 is 0. The van der Waals surface area contributed by atoms with Crippen LogP contribution in [0.15, 0.2) is 46.9 Å². The van der Waals surface area contributed by atoms with Gasteiger partial charge >= 0.3 is 0 Å². The molecule has 0 unspecified atom stereocenters. The van der Waals surface area contributed by atoms with Crippen LogP contribution < -0.4 is 4.74 Å². The molecule has 0 spiro atoms. The molecule has 138 valence electrons. The lowest BCUT2D eigenvalue weighted by Gasteiger charge is -2.21. The van der Waals surface area contributed by atoms with Gasteiger partial charge in [0.15, 0.2) is 0 Å². The normalized spacial score (nSPS) is 16.0. The highest BCUT2D eigenvalue weighted by Crippen LogP contribution is 2.15. The van der Waals surface area contributed by atoms with E-state index in [1.54, 1.807) is 19.3 Å². The minimum absolute atomic E-state index is 0.0466. The van der Waals surface area contributed by atoms with E-state index in [9.17, 15) is 4.79 Å². The first kappa shape index (κ1) is 18.3. The standard InChI is InChI=1S/C21H26N2O3/c1-17-4-7-20(26-17)10-11-21(24)23-13-3-12-22(14-15-23)16-18-5-8-19(25-2)9-6-18/h4-11H,3,12-16H2,1-2H3/b11-10+. The molecule has 1 aliphatic rings. The average Bonchev–Trinajstić information content (AvgIpc) is 2.93. The molecule has 2 aromatic rings. The van der Waals surface area contributed by atoms with E-state index in [4.69, 9.17) is 9.15 Å². The lowest BCUT2D eigenvalue weighted by atomic mass is 10.2. The molecule has 3 rings (SSSR count). The van der Waals surface area contributed by atoms with E-state index in [0.29, 0.717) is 5.76 Å². The zero-order chi connectivity index (χ0) is 18.4. The molecule has 5 nitrogen and oxygen atoms in total. The van der Waals surface area contributed by atoms with Crippen molar-refractivity contribution in [2.24, 2.45) is 0 Å². The first-order chi connectivity index (χ1) is 12.6. The Morgan fingerprint density at radius 3 is 2.62 bits per heavy atom. The van der Waals surface area contributed by atoms with Crippen LogP contribution >= 0.6 is 0 Å². The van der Waals surface area contributed by atoms with Gasteiger partial charge < -0.3 is 14.1 Å². The summed E-state index contributed by atoms with van der Waals surface area (Å²) in [7, 11) is 1.68. The summed E-state index contributed by atoms with van der Waals surface area (Å²) in [5.41, 5.74) is 1.26. The largest absolute Gasteiger partial charge is 0.497 e. The summed E-state index contributed by atoms with van der Waals surface area (Å²) in [4.78, 5) is 16.7. The number of ether oxygens (including phenoxy) is 1. The van der Waals surface area contributed by atoms with Crippen LogP contribution in [0.2, 0.25) is 0 Å². The van der Waals surface area contributed by atoms with Gasteiger partial charge in [0.05, 0.1) is 7.11 Å². The van der Waals surface area contributed by atoms with Crippen molar-refractivity contribution < 1.29 is 13.9 Å². The number of methoxy groups -OCH3 is 1. The maximum atomic E-state index is 12.4. The number of hydrogen-bond acceptors (Lipinski definition) is 4. The highest BCUT2D eigenvalue weighted by Gasteiger charge is 2.17. The van der Waals surface area contributed by atoms with Gasteiger partial charge in [-0.25, -0.2) is 0 Å². The molecule has 5 heteroatoms. The second-order valence-corrected chi connectivity index (χ2v) is 6.58. The topological polar surface area (TPSA) is 45.9 Å². The van der Waals surface area contributed by atoms with Gasteiger partial charge in [-0.1, -0.05) is 12.1 Å². The highest BCUT2D eigenvalue weighted by atomic mass is 16.5. The molecular weight excluding hydrogens is 328 g/mol. The van der Waals surface area contributed by atoms with Crippen LogP contribution in [0.4, 0.5) is 0 Å². The molecule has 0 N–H and O–H groups in total. The maximum Gasteiger partial charge on any atom is 0.246 e. The number of aryl methyl sites for hydroxylation is 1. The molecular formula is C21H26N2O3. The quantitative estimate of drug-likeness (QED) is 0.773. The summed E-state index contributed by atoms with van der Waals surface area (Å²) < 4.78 is 10.7. The Labute approximate surface area is 154 Å². The van der Waals surface area contributed by atoms with Crippen molar-refractivity contribution in [3.05, 3.63) is 59.6 Å². The molecule has 1 fully saturated rings. The first-order valence-corrected chi connectivity index (χ1v) is 9.03. The Balaban J connectivity index is 1.52.